The third-order valence-electron chi connectivity index (χ3n) is 5.02. The van der Waals surface area contributed by atoms with Gasteiger partial charge in [0.05, 0.1) is 10.9 Å². The lowest BCUT2D eigenvalue weighted by atomic mass is 10.1. The van der Waals surface area contributed by atoms with Crippen LogP contribution >= 0.6 is 12.4 Å². The first-order valence-corrected chi connectivity index (χ1v) is 9.93. The number of carbonyl (C=O) groups is 1. The fraction of sp³-hybridized carbons (Fsp3) is 0.588. The predicted octanol–water partition coefficient (Wildman–Crippen LogP) is 1.31. The van der Waals surface area contributed by atoms with Gasteiger partial charge in [-0.1, -0.05) is 6.07 Å². The van der Waals surface area contributed by atoms with Crippen LogP contribution in [0.5, 0.6) is 0 Å². The van der Waals surface area contributed by atoms with Crippen molar-refractivity contribution in [2.45, 2.75) is 37.6 Å². The average molecular weight is 388 g/mol. The smallest absolute Gasteiger partial charge is 0.243 e. The van der Waals surface area contributed by atoms with Crippen molar-refractivity contribution in [1.82, 2.24) is 14.5 Å². The summed E-state index contributed by atoms with van der Waals surface area (Å²) in [5.74, 6) is 0.107. The van der Waals surface area contributed by atoms with Gasteiger partial charge in [0.2, 0.25) is 15.9 Å². The second kappa shape index (κ2) is 8.03. The van der Waals surface area contributed by atoms with Gasteiger partial charge in [-0.3, -0.25) is 4.79 Å². The van der Waals surface area contributed by atoms with Crippen LogP contribution in [0.15, 0.2) is 23.1 Å². The van der Waals surface area contributed by atoms with Crippen LogP contribution in [0.2, 0.25) is 0 Å². The molecule has 1 atom stereocenters. The molecule has 2 aliphatic rings. The Morgan fingerprint density at radius 3 is 2.36 bits per heavy atom. The van der Waals surface area contributed by atoms with E-state index in [1.165, 1.54) is 4.31 Å². The molecule has 1 N–H and O–H groups in total. The molecule has 1 amide bonds. The Bertz CT molecular complexity index is 725. The van der Waals surface area contributed by atoms with Gasteiger partial charge in [-0.15, -0.1) is 12.4 Å². The summed E-state index contributed by atoms with van der Waals surface area (Å²) in [6, 6.07) is 5.14. The van der Waals surface area contributed by atoms with Crippen molar-refractivity contribution in [2.75, 3.05) is 32.7 Å². The van der Waals surface area contributed by atoms with E-state index in [4.69, 9.17) is 0 Å². The predicted molar refractivity (Wildman–Crippen MR) is 99.5 cm³/mol. The molecule has 0 aromatic heterocycles. The maximum Gasteiger partial charge on any atom is 0.243 e. The van der Waals surface area contributed by atoms with Gasteiger partial charge in [0.15, 0.2) is 0 Å². The summed E-state index contributed by atoms with van der Waals surface area (Å²) in [6.07, 6.45) is 1.90. The van der Waals surface area contributed by atoms with E-state index >= 15 is 0 Å². The molecule has 2 saturated heterocycles. The molecule has 1 aromatic rings. The number of hydrogen-bond acceptors (Lipinski definition) is 4. The molecular weight excluding hydrogens is 362 g/mol. The summed E-state index contributed by atoms with van der Waals surface area (Å²) >= 11 is 0. The first-order chi connectivity index (χ1) is 11.4. The van der Waals surface area contributed by atoms with E-state index in [0.29, 0.717) is 31.1 Å². The monoisotopic (exact) mass is 387 g/mol. The highest BCUT2D eigenvalue weighted by molar-refractivity contribution is 7.89. The number of rotatable bonds is 3. The number of sulfonamides is 1. The van der Waals surface area contributed by atoms with Crippen LogP contribution < -0.4 is 5.32 Å². The van der Waals surface area contributed by atoms with Gasteiger partial charge in [0.25, 0.3) is 0 Å². The molecule has 2 aliphatic heterocycles. The molecule has 0 spiro atoms. The molecule has 1 aromatic carbocycles. The molecule has 8 heteroatoms. The number of piperazine rings is 1. The van der Waals surface area contributed by atoms with Crippen molar-refractivity contribution in [2.24, 2.45) is 0 Å². The highest BCUT2D eigenvalue weighted by atomic mass is 35.5. The number of aryl methyl sites for hydroxylation is 2. The van der Waals surface area contributed by atoms with Crippen LogP contribution in [-0.4, -0.2) is 62.3 Å². The number of nitrogens with one attached hydrogen (secondary N) is 1. The molecule has 2 fully saturated rings. The van der Waals surface area contributed by atoms with Gasteiger partial charge in [-0.25, -0.2) is 8.42 Å². The Morgan fingerprint density at radius 1 is 1.12 bits per heavy atom. The van der Waals surface area contributed by atoms with E-state index in [2.05, 4.69) is 5.32 Å². The van der Waals surface area contributed by atoms with Crippen LogP contribution in [0.4, 0.5) is 0 Å². The van der Waals surface area contributed by atoms with Gasteiger partial charge < -0.3 is 10.2 Å². The van der Waals surface area contributed by atoms with Crippen molar-refractivity contribution in [3.63, 3.8) is 0 Å². The summed E-state index contributed by atoms with van der Waals surface area (Å²) in [5.41, 5.74) is 2.05. The Kier molecular flexibility index (Phi) is 6.48. The zero-order valence-electron chi connectivity index (χ0n) is 14.7. The van der Waals surface area contributed by atoms with Crippen molar-refractivity contribution < 1.29 is 13.2 Å². The maximum atomic E-state index is 12.8. The van der Waals surface area contributed by atoms with Gasteiger partial charge >= 0.3 is 0 Å². The van der Waals surface area contributed by atoms with Gasteiger partial charge in [-0.05, 0) is 56.5 Å². The normalized spacial score (nSPS) is 21.8. The van der Waals surface area contributed by atoms with E-state index in [0.717, 1.165) is 30.5 Å². The van der Waals surface area contributed by atoms with Gasteiger partial charge in [0.1, 0.15) is 0 Å². The third kappa shape index (κ3) is 4.16. The molecule has 25 heavy (non-hydrogen) atoms. The fourth-order valence-electron chi connectivity index (χ4n) is 3.29. The molecule has 0 aliphatic carbocycles. The minimum Gasteiger partial charge on any atom is -0.339 e. The molecule has 3 rings (SSSR count). The molecular formula is C17H26ClN3O3S. The lowest BCUT2D eigenvalue weighted by Crippen LogP contribution is -2.54. The first-order valence-electron chi connectivity index (χ1n) is 8.49. The van der Waals surface area contributed by atoms with E-state index < -0.39 is 10.0 Å². The topological polar surface area (TPSA) is 69.7 Å². The number of halogens is 1. The zero-order chi connectivity index (χ0) is 17.3. The second-order valence-corrected chi connectivity index (χ2v) is 8.56. The van der Waals surface area contributed by atoms with Gasteiger partial charge in [0, 0.05) is 26.2 Å². The van der Waals surface area contributed by atoms with Crippen LogP contribution in [0.1, 0.15) is 24.0 Å². The Morgan fingerprint density at radius 2 is 1.80 bits per heavy atom. The standard InChI is InChI=1S/C17H25N3O3S.ClH/c1-13-5-6-15(12-14(13)2)24(22,23)20-10-8-19(9-11-20)17(21)16-4-3-7-18-16;/h5-6,12,16,18H,3-4,7-11H2,1-2H3;1H. The van der Waals surface area contributed by atoms with E-state index in [1.807, 2.05) is 19.9 Å². The number of benzene rings is 1. The van der Waals surface area contributed by atoms with E-state index in [-0.39, 0.29) is 24.4 Å². The molecule has 6 nitrogen and oxygen atoms in total. The minimum absolute atomic E-state index is 0. The quantitative estimate of drug-likeness (QED) is 0.849. The SMILES string of the molecule is Cc1ccc(S(=O)(=O)N2CCN(C(=O)C3CCCN3)CC2)cc1C.Cl. The van der Waals surface area contributed by atoms with Crippen molar-refractivity contribution in [3.05, 3.63) is 29.3 Å². The van der Waals surface area contributed by atoms with Crippen LogP contribution in [0.3, 0.4) is 0 Å². The number of amides is 1. The minimum atomic E-state index is -3.49. The largest absolute Gasteiger partial charge is 0.339 e. The van der Waals surface area contributed by atoms with E-state index in [1.54, 1.807) is 17.0 Å². The molecule has 0 bridgehead atoms. The molecule has 0 radical (unpaired) electrons. The van der Waals surface area contributed by atoms with Crippen molar-refractivity contribution in [3.8, 4) is 0 Å². The first kappa shape index (κ1) is 20.2. The highest BCUT2D eigenvalue weighted by Crippen LogP contribution is 2.21. The lowest BCUT2D eigenvalue weighted by molar-refractivity contribution is -0.134. The van der Waals surface area contributed by atoms with Crippen LogP contribution in [-0.2, 0) is 14.8 Å². The Balaban J connectivity index is 0.00000225. The number of carbonyl (C=O) groups excluding carboxylic acids is 1. The summed E-state index contributed by atoms with van der Waals surface area (Å²) in [7, 11) is -3.49. The Hall–Kier alpha value is -1.15. The van der Waals surface area contributed by atoms with Crippen molar-refractivity contribution >= 4 is 28.3 Å². The zero-order valence-corrected chi connectivity index (χ0v) is 16.3. The van der Waals surface area contributed by atoms with Crippen molar-refractivity contribution in [1.29, 1.82) is 0 Å². The van der Waals surface area contributed by atoms with Gasteiger partial charge in [-0.2, -0.15) is 4.31 Å². The summed E-state index contributed by atoms with van der Waals surface area (Å²) in [4.78, 5) is 14.5. The molecule has 1 unspecified atom stereocenters. The van der Waals surface area contributed by atoms with Crippen LogP contribution in [0.25, 0.3) is 0 Å². The summed E-state index contributed by atoms with van der Waals surface area (Å²) in [6.45, 7) is 6.40. The fourth-order valence-corrected chi connectivity index (χ4v) is 4.80. The Labute approximate surface area is 156 Å². The highest BCUT2D eigenvalue weighted by Gasteiger charge is 2.33. The number of hydrogen-bond donors (Lipinski definition) is 1. The molecule has 140 valence electrons. The maximum absolute atomic E-state index is 12.8. The number of nitrogens with zero attached hydrogens (tertiary/aromatic N) is 2. The summed E-state index contributed by atoms with van der Waals surface area (Å²) in [5, 5.41) is 3.21. The molecule has 0 saturated carbocycles. The third-order valence-corrected chi connectivity index (χ3v) is 6.92. The molecule has 2 heterocycles. The van der Waals surface area contributed by atoms with Crippen LogP contribution in [0, 0.1) is 13.8 Å². The van der Waals surface area contributed by atoms with E-state index in [9.17, 15) is 13.2 Å². The lowest BCUT2D eigenvalue weighted by Gasteiger charge is -2.35. The second-order valence-electron chi connectivity index (χ2n) is 6.62. The average Bonchev–Trinajstić information content (AvgIpc) is 3.11. The summed E-state index contributed by atoms with van der Waals surface area (Å²) < 4.78 is 27.1.